The second kappa shape index (κ2) is 9.88. The van der Waals surface area contributed by atoms with Gasteiger partial charge in [-0.1, -0.05) is 6.07 Å². The molecule has 1 atom stereocenters. The minimum atomic E-state index is -2.21. The van der Waals surface area contributed by atoms with E-state index in [0.717, 1.165) is 5.56 Å². The molecule has 3 rings (SSSR count). The number of rotatable bonds is 7. The summed E-state index contributed by atoms with van der Waals surface area (Å²) in [6, 6.07) is 9.55. The largest absolute Gasteiger partial charge is 0.496 e. The number of halogens is 1. The van der Waals surface area contributed by atoms with Crippen LogP contribution in [0.2, 0.25) is 0 Å². The normalized spacial score (nSPS) is 15.5. The van der Waals surface area contributed by atoms with E-state index in [-0.39, 0.29) is 17.5 Å². The summed E-state index contributed by atoms with van der Waals surface area (Å²) in [5.41, 5.74) is 1.61. The molecule has 0 bridgehead atoms. The van der Waals surface area contributed by atoms with E-state index < -0.39 is 11.3 Å². The molecule has 2 N–H and O–H groups in total. The third-order valence-corrected chi connectivity index (χ3v) is 5.33. The lowest BCUT2D eigenvalue weighted by Crippen LogP contribution is -2.48. The molecular formula is C20H24FN3O5S. The highest BCUT2D eigenvalue weighted by molar-refractivity contribution is 7.80. The number of benzene rings is 2. The lowest BCUT2D eigenvalue weighted by Gasteiger charge is -2.35. The van der Waals surface area contributed by atoms with E-state index in [4.69, 9.17) is 14.0 Å². The van der Waals surface area contributed by atoms with E-state index in [2.05, 4.69) is 9.62 Å². The summed E-state index contributed by atoms with van der Waals surface area (Å²) in [5, 5.41) is 0. The number of piperazine rings is 1. The highest BCUT2D eigenvalue weighted by atomic mass is 32.2. The van der Waals surface area contributed by atoms with Crippen LogP contribution < -0.4 is 14.2 Å². The Hall–Kier alpha value is -2.69. The van der Waals surface area contributed by atoms with Crippen LogP contribution in [0.3, 0.4) is 0 Å². The molecule has 0 spiro atoms. The van der Waals surface area contributed by atoms with E-state index in [9.17, 15) is 13.4 Å². The number of anilines is 1. The first-order valence-corrected chi connectivity index (χ1v) is 10.4. The van der Waals surface area contributed by atoms with Gasteiger partial charge in [-0.25, -0.2) is 8.60 Å². The predicted octanol–water partition coefficient (Wildman–Crippen LogP) is 2.35. The number of carbonyl (C=O) groups is 1. The fraction of sp³-hybridized carbons (Fsp3) is 0.350. The molecule has 0 aromatic heterocycles. The second-order valence-corrected chi connectivity index (χ2v) is 7.51. The zero-order chi connectivity index (χ0) is 21.7. The van der Waals surface area contributed by atoms with Crippen LogP contribution in [0, 0.1) is 5.82 Å². The predicted molar refractivity (Wildman–Crippen MR) is 112 cm³/mol. The molecule has 1 aliphatic rings. The molecule has 2 aromatic rings. The first kappa shape index (κ1) is 22.0. The first-order valence-electron chi connectivity index (χ1n) is 9.31. The number of nitrogens with one attached hydrogen (secondary N) is 1. The average Bonchev–Trinajstić information content (AvgIpc) is 2.73. The Morgan fingerprint density at radius 1 is 1.10 bits per heavy atom. The van der Waals surface area contributed by atoms with Gasteiger partial charge in [0.15, 0.2) is 11.6 Å². The van der Waals surface area contributed by atoms with Gasteiger partial charge in [0, 0.05) is 38.8 Å². The van der Waals surface area contributed by atoms with Crippen molar-refractivity contribution < 1.29 is 27.4 Å². The number of carbonyl (C=O) groups excluding carboxylic acids is 1. The van der Waals surface area contributed by atoms with Gasteiger partial charge in [0.05, 0.1) is 25.5 Å². The molecule has 2 aromatic carbocycles. The van der Waals surface area contributed by atoms with Gasteiger partial charge in [-0.3, -0.25) is 19.0 Å². The summed E-state index contributed by atoms with van der Waals surface area (Å²) in [4.78, 5) is 16.8. The first-order chi connectivity index (χ1) is 14.4. The fourth-order valence-corrected chi connectivity index (χ4v) is 3.71. The van der Waals surface area contributed by atoms with Crippen molar-refractivity contribution in [2.75, 3.05) is 45.1 Å². The third-order valence-electron chi connectivity index (χ3n) is 4.92. The number of ether oxygens (including phenoxy) is 2. The molecule has 0 saturated carbocycles. The smallest absolute Gasteiger partial charge is 0.259 e. The Balaban J connectivity index is 1.61. The van der Waals surface area contributed by atoms with Gasteiger partial charge in [-0.2, -0.15) is 0 Å². The van der Waals surface area contributed by atoms with Crippen molar-refractivity contribution in [2.45, 2.75) is 6.54 Å². The molecule has 10 heteroatoms. The van der Waals surface area contributed by atoms with Crippen LogP contribution in [-0.4, -0.2) is 64.9 Å². The minimum absolute atomic E-state index is 0.168. The molecule has 8 nitrogen and oxygen atoms in total. The zero-order valence-electron chi connectivity index (χ0n) is 16.8. The third kappa shape index (κ3) is 5.26. The Morgan fingerprint density at radius 3 is 2.40 bits per heavy atom. The molecule has 1 heterocycles. The molecule has 0 aliphatic carbocycles. The van der Waals surface area contributed by atoms with Crippen LogP contribution in [0.5, 0.6) is 11.5 Å². The van der Waals surface area contributed by atoms with Gasteiger partial charge < -0.3 is 14.4 Å². The summed E-state index contributed by atoms with van der Waals surface area (Å²) in [6.07, 6.45) is 0. The van der Waals surface area contributed by atoms with E-state index in [1.807, 2.05) is 6.07 Å². The standard InChI is InChI=1S/C20H24FN3O5S/c1-28-18-6-3-14(11-17(18)21)13-23-7-9-24(10-8-23)20(25)16-5-4-15(22-30(26)27)12-19(16)29-2/h3-6,11-12,22H,7-10,13H2,1-2H3,(H,26,27). The lowest BCUT2D eigenvalue weighted by molar-refractivity contribution is 0.0625. The van der Waals surface area contributed by atoms with Gasteiger partial charge in [0.2, 0.25) is 0 Å². The Kier molecular flexibility index (Phi) is 7.24. The number of methoxy groups -OCH3 is 2. The number of nitrogens with zero attached hydrogens (tertiary/aromatic N) is 2. The van der Waals surface area contributed by atoms with Gasteiger partial charge in [0.1, 0.15) is 5.75 Å². The zero-order valence-corrected chi connectivity index (χ0v) is 17.6. The highest BCUT2D eigenvalue weighted by Crippen LogP contribution is 2.25. The van der Waals surface area contributed by atoms with Crippen LogP contribution in [0.25, 0.3) is 0 Å². The van der Waals surface area contributed by atoms with Crippen LogP contribution in [0.4, 0.5) is 10.1 Å². The Labute approximate surface area is 177 Å². The van der Waals surface area contributed by atoms with Gasteiger partial charge in [-0.05, 0) is 29.8 Å². The highest BCUT2D eigenvalue weighted by Gasteiger charge is 2.24. The van der Waals surface area contributed by atoms with E-state index in [1.54, 1.807) is 23.1 Å². The van der Waals surface area contributed by atoms with Crippen molar-refractivity contribution >= 4 is 22.9 Å². The van der Waals surface area contributed by atoms with Crippen LogP contribution in [-0.2, 0) is 17.8 Å². The second-order valence-electron chi connectivity index (χ2n) is 6.80. The van der Waals surface area contributed by atoms with Gasteiger partial charge in [-0.15, -0.1) is 0 Å². The minimum Gasteiger partial charge on any atom is -0.496 e. The Bertz CT molecular complexity index is 935. The van der Waals surface area contributed by atoms with Gasteiger partial charge in [0.25, 0.3) is 17.2 Å². The Morgan fingerprint density at radius 2 is 1.80 bits per heavy atom. The number of amides is 1. The maximum Gasteiger partial charge on any atom is 0.259 e. The van der Waals surface area contributed by atoms with Gasteiger partial charge >= 0.3 is 0 Å². The van der Waals surface area contributed by atoms with Crippen molar-refractivity contribution in [3.63, 3.8) is 0 Å². The summed E-state index contributed by atoms with van der Waals surface area (Å²) >= 11 is -2.21. The summed E-state index contributed by atoms with van der Waals surface area (Å²) in [7, 11) is 2.87. The molecule has 162 valence electrons. The van der Waals surface area contributed by atoms with Crippen molar-refractivity contribution in [1.29, 1.82) is 0 Å². The van der Waals surface area contributed by atoms with Crippen molar-refractivity contribution in [3.8, 4) is 11.5 Å². The average molecular weight is 437 g/mol. The molecular weight excluding hydrogens is 413 g/mol. The monoisotopic (exact) mass is 437 g/mol. The maximum atomic E-state index is 13.9. The number of hydrogen-bond donors (Lipinski definition) is 2. The van der Waals surface area contributed by atoms with E-state index in [1.165, 1.54) is 26.4 Å². The summed E-state index contributed by atoms with van der Waals surface area (Å²) in [5.74, 6) is -0.0151. The molecule has 1 saturated heterocycles. The van der Waals surface area contributed by atoms with Crippen LogP contribution in [0.1, 0.15) is 15.9 Å². The molecule has 30 heavy (non-hydrogen) atoms. The molecule has 1 amide bonds. The summed E-state index contributed by atoms with van der Waals surface area (Å²) in [6.45, 7) is 2.96. The lowest BCUT2D eigenvalue weighted by atomic mass is 10.1. The van der Waals surface area contributed by atoms with Crippen molar-refractivity contribution in [3.05, 3.63) is 53.3 Å². The van der Waals surface area contributed by atoms with Crippen molar-refractivity contribution in [2.24, 2.45) is 0 Å². The van der Waals surface area contributed by atoms with Crippen LogP contribution >= 0.6 is 0 Å². The summed E-state index contributed by atoms with van der Waals surface area (Å²) < 4.78 is 46.3. The van der Waals surface area contributed by atoms with Crippen molar-refractivity contribution in [1.82, 2.24) is 9.80 Å². The van der Waals surface area contributed by atoms with E-state index >= 15 is 0 Å². The fourth-order valence-electron chi connectivity index (χ4n) is 3.38. The quantitative estimate of drug-likeness (QED) is 0.647. The van der Waals surface area contributed by atoms with E-state index in [0.29, 0.717) is 49.7 Å². The molecule has 1 fully saturated rings. The topological polar surface area (TPSA) is 91.3 Å². The maximum absolute atomic E-state index is 13.9. The molecule has 1 aliphatic heterocycles. The molecule has 0 radical (unpaired) electrons. The number of hydrogen-bond acceptors (Lipinski definition) is 5. The molecule has 1 unspecified atom stereocenters. The SMILES string of the molecule is COc1ccc(CN2CCN(C(=O)c3ccc(NS(=O)O)cc3OC)CC2)cc1F. The van der Waals surface area contributed by atoms with Crippen LogP contribution in [0.15, 0.2) is 36.4 Å².